The average Bonchev–Trinajstić information content (AvgIpc) is 2.41. The summed E-state index contributed by atoms with van der Waals surface area (Å²) < 4.78 is 0. The third kappa shape index (κ3) is 2.96. The fraction of sp³-hybridized carbons (Fsp3) is 0.333. The molecule has 1 amide bonds. The third-order valence-electron chi connectivity index (χ3n) is 2.87. The number of nitrogens with zero attached hydrogens (tertiary/aromatic N) is 1. The highest BCUT2D eigenvalue weighted by Crippen LogP contribution is 2.26. The summed E-state index contributed by atoms with van der Waals surface area (Å²) in [6, 6.07) is 3.28. The zero-order valence-electron chi connectivity index (χ0n) is 9.88. The number of carbonyl (C=O) groups excluding carboxylic acids is 1. The second-order valence-corrected chi connectivity index (χ2v) is 5.65. The second kappa shape index (κ2) is 5.71. The molecular formula is C12H12ClNO4S. The van der Waals surface area contributed by atoms with Gasteiger partial charge in [0.1, 0.15) is 11.8 Å². The van der Waals surface area contributed by atoms with E-state index in [0.29, 0.717) is 18.1 Å². The predicted molar refractivity (Wildman–Crippen MR) is 72.9 cm³/mol. The van der Waals surface area contributed by atoms with Crippen molar-refractivity contribution in [3.8, 4) is 5.75 Å². The van der Waals surface area contributed by atoms with Crippen LogP contribution in [0.25, 0.3) is 0 Å². The van der Waals surface area contributed by atoms with Crippen molar-refractivity contribution in [1.29, 1.82) is 0 Å². The van der Waals surface area contributed by atoms with Crippen molar-refractivity contribution < 1.29 is 19.8 Å². The van der Waals surface area contributed by atoms with Gasteiger partial charge in [0.15, 0.2) is 0 Å². The molecule has 0 radical (unpaired) electrons. The number of amides is 1. The van der Waals surface area contributed by atoms with Crippen LogP contribution in [-0.4, -0.2) is 51.1 Å². The zero-order valence-corrected chi connectivity index (χ0v) is 11.4. The number of rotatable bonds is 2. The number of phenolic OH excluding ortho intramolecular Hbond substituents is 1. The Morgan fingerprint density at radius 2 is 2.16 bits per heavy atom. The SMILES string of the molecule is O=C(O)C1CSCCN1C(=O)c1ccc(O)c(Cl)c1. The molecule has 1 unspecified atom stereocenters. The van der Waals surface area contributed by atoms with E-state index in [2.05, 4.69) is 0 Å². The molecule has 0 saturated carbocycles. The molecule has 1 aliphatic heterocycles. The molecule has 1 atom stereocenters. The van der Waals surface area contributed by atoms with Gasteiger partial charge in [-0.3, -0.25) is 4.79 Å². The van der Waals surface area contributed by atoms with Crippen molar-refractivity contribution >= 4 is 35.2 Å². The van der Waals surface area contributed by atoms with Gasteiger partial charge >= 0.3 is 5.97 Å². The first-order valence-corrected chi connectivity index (χ1v) is 7.14. The number of phenols is 1. The van der Waals surface area contributed by atoms with Crippen LogP contribution in [0.1, 0.15) is 10.4 Å². The topological polar surface area (TPSA) is 77.8 Å². The molecule has 1 aliphatic rings. The van der Waals surface area contributed by atoms with E-state index in [-0.39, 0.29) is 22.2 Å². The minimum Gasteiger partial charge on any atom is -0.506 e. The molecule has 0 aliphatic carbocycles. The van der Waals surface area contributed by atoms with Crippen molar-refractivity contribution in [2.75, 3.05) is 18.1 Å². The van der Waals surface area contributed by atoms with Gasteiger partial charge in [0, 0.05) is 23.6 Å². The fourth-order valence-corrected chi connectivity index (χ4v) is 3.08. The van der Waals surface area contributed by atoms with Crippen LogP contribution < -0.4 is 0 Å². The minimum absolute atomic E-state index is 0.0732. The first-order chi connectivity index (χ1) is 9.00. The standard InChI is InChI=1S/C12H12ClNO4S/c13-8-5-7(1-2-10(8)15)11(16)14-3-4-19-6-9(14)12(17)18/h1-2,5,9,15H,3-4,6H2,(H,17,18). The van der Waals surface area contributed by atoms with Crippen LogP contribution in [0, 0.1) is 0 Å². The quantitative estimate of drug-likeness (QED) is 0.869. The number of aromatic hydroxyl groups is 1. The molecule has 2 N–H and O–H groups in total. The highest BCUT2D eigenvalue weighted by molar-refractivity contribution is 7.99. The van der Waals surface area contributed by atoms with E-state index in [1.54, 1.807) is 0 Å². The number of carboxylic acid groups (broad SMARTS) is 1. The Bertz CT molecular complexity index is 522. The van der Waals surface area contributed by atoms with Crippen molar-refractivity contribution in [2.45, 2.75) is 6.04 Å². The van der Waals surface area contributed by atoms with Crippen molar-refractivity contribution in [3.63, 3.8) is 0 Å². The zero-order chi connectivity index (χ0) is 14.0. The Morgan fingerprint density at radius 3 is 2.79 bits per heavy atom. The van der Waals surface area contributed by atoms with E-state index in [9.17, 15) is 14.7 Å². The van der Waals surface area contributed by atoms with E-state index >= 15 is 0 Å². The number of hydrogen-bond donors (Lipinski definition) is 2. The van der Waals surface area contributed by atoms with E-state index < -0.39 is 12.0 Å². The predicted octanol–water partition coefficient (Wildman–Crippen LogP) is 1.69. The number of carboxylic acids is 1. The van der Waals surface area contributed by atoms with E-state index in [4.69, 9.17) is 16.7 Å². The van der Waals surface area contributed by atoms with Gasteiger partial charge in [-0.2, -0.15) is 11.8 Å². The molecule has 1 aromatic rings. The molecule has 1 aromatic carbocycles. The summed E-state index contributed by atoms with van der Waals surface area (Å²) in [5, 5.41) is 18.5. The lowest BCUT2D eigenvalue weighted by atomic mass is 10.1. The summed E-state index contributed by atoms with van der Waals surface area (Å²) >= 11 is 7.27. The Labute approximate surface area is 119 Å². The van der Waals surface area contributed by atoms with Crippen molar-refractivity contribution in [1.82, 2.24) is 4.90 Å². The van der Waals surface area contributed by atoms with E-state index in [1.165, 1.54) is 34.9 Å². The second-order valence-electron chi connectivity index (χ2n) is 4.09. The maximum atomic E-state index is 12.3. The van der Waals surface area contributed by atoms with Crippen molar-refractivity contribution in [3.05, 3.63) is 28.8 Å². The fourth-order valence-electron chi connectivity index (χ4n) is 1.86. The Hall–Kier alpha value is -1.40. The molecule has 1 saturated heterocycles. The van der Waals surface area contributed by atoms with Crippen LogP contribution in [0.4, 0.5) is 0 Å². The summed E-state index contributed by atoms with van der Waals surface area (Å²) in [5.74, 6) is -0.406. The maximum absolute atomic E-state index is 12.3. The molecule has 5 nitrogen and oxygen atoms in total. The lowest BCUT2D eigenvalue weighted by molar-refractivity contribution is -0.141. The lowest BCUT2D eigenvalue weighted by Crippen LogP contribution is -2.50. The van der Waals surface area contributed by atoms with Gasteiger partial charge in [0.05, 0.1) is 5.02 Å². The molecular weight excluding hydrogens is 290 g/mol. The molecule has 2 rings (SSSR count). The molecule has 1 fully saturated rings. The Morgan fingerprint density at radius 1 is 1.42 bits per heavy atom. The molecule has 7 heteroatoms. The number of carbonyl (C=O) groups is 2. The van der Waals surface area contributed by atoms with Gasteiger partial charge in [-0.1, -0.05) is 11.6 Å². The van der Waals surface area contributed by atoms with Gasteiger partial charge in [-0.05, 0) is 18.2 Å². The number of hydrogen-bond acceptors (Lipinski definition) is 4. The number of benzene rings is 1. The summed E-state index contributed by atoms with van der Waals surface area (Å²) in [6.45, 7) is 0.388. The summed E-state index contributed by atoms with van der Waals surface area (Å²) in [4.78, 5) is 24.8. The van der Waals surface area contributed by atoms with Gasteiger partial charge in [0.2, 0.25) is 0 Å². The normalized spacial score (nSPS) is 19.2. The smallest absolute Gasteiger partial charge is 0.327 e. The minimum atomic E-state index is -1.01. The molecule has 1 heterocycles. The van der Waals surface area contributed by atoms with E-state index in [1.807, 2.05) is 0 Å². The van der Waals surface area contributed by atoms with Gasteiger partial charge in [-0.25, -0.2) is 4.79 Å². The Balaban J connectivity index is 2.26. The van der Waals surface area contributed by atoms with Gasteiger partial charge in [-0.15, -0.1) is 0 Å². The van der Waals surface area contributed by atoms with Gasteiger partial charge < -0.3 is 15.1 Å². The van der Waals surface area contributed by atoms with Crippen LogP contribution >= 0.6 is 23.4 Å². The first-order valence-electron chi connectivity index (χ1n) is 5.60. The van der Waals surface area contributed by atoms with Crippen LogP contribution in [-0.2, 0) is 4.79 Å². The summed E-state index contributed by atoms with van der Waals surface area (Å²) in [5.41, 5.74) is 0.279. The average molecular weight is 302 g/mol. The highest BCUT2D eigenvalue weighted by Gasteiger charge is 2.32. The van der Waals surface area contributed by atoms with Crippen LogP contribution in [0.15, 0.2) is 18.2 Å². The monoisotopic (exact) mass is 301 g/mol. The molecule has 102 valence electrons. The first kappa shape index (κ1) is 14.0. The Kier molecular flexibility index (Phi) is 4.21. The number of halogens is 1. The summed E-state index contributed by atoms with van der Waals surface area (Å²) in [6.07, 6.45) is 0. The largest absolute Gasteiger partial charge is 0.506 e. The van der Waals surface area contributed by atoms with Crippen molar-refractivity contribution in [2.24, 2.45) is 0 Å². The lowest BCUT2D eigenvalue weighted by Gasteiger charge is -2.32. The maximum Gasteiger partial charge on any atom is 0.327 e. The van der Waals surface area contributed by atoms with Crippen LogP contribution in [0.3, 0.4) is 0 Å². The highest BCUT2D eigenvalue weighted by atomic mass is 35.5. The molecule has 19 heavy (non-hydrogen) atoms. The van der Waals surface area contributed by atoms with Crippen LogP contribution in [0.2, 0.25) is 5.02 Å². The molecule has 0 spiro atoms. The number of thioether (sulfide) groups is 1. The third-order valence-corrected chi connectivity index (χ3v) is 4.19. The molecule has 0 bridgehead atoms. The van der Waals surface area contributed by atoms with E-state index in [0.717, 1.165) is 0 Å². The summed E-state index contributed by atoms with van der Waals surface area (Å²) in [7, 11) is 0. The molecule has 0 aromatic heterocycles. The number of aliphatic carboxylic acids is 1. The van der Waals surface area contributed by atoms with Crippen LogP contribution in [0.5, 0.6) is 5.75 Å². The van der Waals surface area contributed by atoms with Gasteiger partial charge in [0.25, 0.3) is 5.91 Å².